The SMILES string of the molecule is CC(C)(C)C1(C(C)(C)C)CCCCC12OO2. The van der Waals surface area contributed by atoms with Gasteiger partial charge in [0.05, 0.1) is 0 Å². The lowest BCUT2D eigenvalue weighted by Crippen LogP contribution is -2.57. The van der Waals surface area contributed by atoms with Gasteiger partial charge in [-0.1, -0.05) is 48.0 Å². The molecule has 0 aromatic carbocycles. The molecule has 0 unspecified atom stereocenters. The third-order valence-corrected chi connectivity index (χ3v) is 4.80. The molecule has 1 saturated carbocycles. The van der Waals surface area contributed by atoms with E-state index in [1.165, 1.54) is 19.3 Å². The second kappa shape index (κ2) is 3.23. The maximum atomic E-state index is 5.51. The van der Waals surface area contributed by atoms with Gasteiger partial charge in [-0.05, 0) is 23.7 Å². The van der Waals surface area contributed by atoms with Gasteiger partial charge >= 0.3 is 0 Å². The van der Waals surface area contributed by atoms with E-state index in [1.807, 2.05) is 0 Å². The van der Waals surface area contributed by atoms with E-state index in [-0.39, 0.29) is 22.0 Å². The molecule has 2 heteroatoms. The van der Waals surface area contributed by atoms with Crippen molar-refractivity contribution in [2.75, 3.05) is 0 Å². The highest BCUT2D eigenvalue weighted by Gasteiger charge is 2.73. The quantitative estimate of drug-likeness (QED) is 0.454. The first-order valence-electron chi connectivity index (χ1n) is 6.53. The summed E-state index contributed by atoms with van der Waals surface area (Å²) in [5.74, 6) is -0.290. The average molecular weight is 226 g/mol. The second-order valence-corrected chi connectivity index (χ2v) is 7.53. The fourth-order valence-electron chi connectivity index (χ4n) is 4.45. The summed E-state index contributed by atoms with van der Waals surface area (Å²) in [6.07, 6.45) is 4.79. The third-order valence-electron chi connectivity index (χ3n) is 4.80. The van der Waals surface area contributed by atoms with Gasteiger partial charge in [0, 0.05) is 11.8 Å². The van der Waals surface area contributed by atoms with Crippen molar-refractivity contribution >= 4 is 0 Å². The van der Waals surface area contributed by atoms with Crippen molar-refractivity contribution in [3.05, 3.63) is 0 Å². The number of hydrogen-bond acceptors (Lipinski definition) is 2. The predicted molar refractivity (Wildman–Crippen MR) is 64.7 cm³/mol. The molecule has 1 heterocycles. The van der Waals surface area contributed by atoms with Gasteiger partial charge in [-0.2, -0.15) is 9.78 Å². The molecule has 0 bridgehead atoms. The van der Waals surface area contributed by atoms with Crippen LogP contribution in [0.1, 0.15) is 67.2 Å². The summed E-state index contributed by atoms with van der Waals surface area (Å²) in [7, 11) is 0. The van der Waals surface area contributed by atoms with E-state index < -0.39 is 0 Å². The molecular weight excluding hydrogens is 200 g/mol. The molecule has 1 spiro atoms. The Morgan fingerprint density at radius 1 is 0.750 bits per heavy atom. The molecule has 1 aliphatic carbocycles. The number of hydrogen-bond donors (Lipinski definition) is 0. The summed E-state index contributed by atoms with van der Waals surface area (Å²) in [5, 5.41) is 0. The largest absolute Gasteiger partial charge is 0.240 e. The maximum Gasteiger partial charge on any atom is 0.240 e. The van der Waals surface area contributed by atoms with Gasteiger partial charge in [0.25, 0.3) is 0 Å². The van der Waals surface area contributed by atoms with Crippen LogP contribution in [-0.2, 0) is 9.78 Å². The fourth-order valence-corrected chi connectivity index (χ4v) is 4.45. The van der Waals surface area contributed by atoms with E-state index in [1.54, 1.807) is 0 Å². The molecular formula is C14H26O2. The van der Waals surface area contributed by atoms with Crippen LogP contribution in [0.4, 0.5) is 0 Å². The molecule has 2 nitrogen and oxygen atoms in total. The Labute approximate surface area is 99.6 Å². The lowest BCUT2D eigenvalue weighted by molar-refractivity contribution is -0.133. The molecule has 0 N–H and O–H groups in total. The van der Waals surface area contributed by atoms with Crippen LogP contribution in [0, 0.1) is 16.2 Å². The molecule has 0 aromatic heterocycles. The predicted octanol–water partition coefficient (Wildman–Crippen LogP) is 4.30. The molecule has 2 aliphatic rings. The van der Waals surface area contributed by atoms with Crippen LogP contribution in [0.5, 0.6) is 0 Å². The highest BCUT2D eigenvalue weighted by Crippen LogP contribution is 2.69. The Morgan fingerprint density at radius 3 is 1.50 bits per heavy atom. The summed E-state index contributed by atoms with van der Waals surface area (Å²) in [5.41, 5.74) is 0.510. The minimum atomic E-state index is -0.290. The first-order valence-corrected chi connectivity index (χ1v) is 6.53. The summed E-state index contributed by atoms with van der Waals surface area (Å²) in [6.45, 7) is 14.0. The van der Waals surface area contributed by atoms with Crippen LogP contribution < -0.4 is 0 Å². The molecule has 1 saturated heterocycles. The highest BCUT2D eigenvalue weighted by molar-refractivity contribution is 5.11. The van der Waals surface area contributed by atoms with E-state index in [9.17, 15) is 0 Å². The van der Waals surface area contributed by atoms with Gasteiger partial charge in [-0.3, -0.25) is 0 Å². The van der Waals surface area contributed by atoms with Crippen LogP contribution in [-0.4, -0.2) is 5.79 Å². The molecule has 0 atom stereocenters. The third kappa shape index (κ3) is 1.39. The van der Waals surface area contributed by atoms with Gasteiger partial charge in [-0.15, -0.1) is 0 Å². The lowest BCUT2D eigenvalue weighted by atomic mass is 9.47. The summed E-state index contributed by atoms with van der Waals surface area (Å²) in [4.78, 5) is 11.0. The van der Waals surface area contributed by atoms with Gasteiger partial charge in [0.15, 0.2) is 0 Å². The summed E-state index contributed by atoms with van der Waals surface area (Å²) < 4.78 is 0. The monoisotopic (exact) mass is 226 g/mol. The van der Waals surface area contributed by atoms with Crippen LogP contribution in [0.2, 0.25) is 0 Å². The van der Waals surface area contributed by atoms with E-state index in [4.69, 9.17) is 9.78 Å². The minimum absolute atomic E-state index is 0.116. The minimum Gasteiger partial charge on any atom is -0.194 e. The van der Waals surface area contributed by atoms with E-state index in [0.717, 1.165) is 6.42 Å². The molecule has 0 amide bonds. The second-order valence-electron chi connectivity index (χ2n) is 7.53. The van der Waals surface area contributed by atoms with Crippen molar-refractivity contribution < 1.29 is 9.78 Å². The van der Waals surface area contributed by atoms with Crippen LogP contribution in [0.3, 0.4) is 0 Å². The Balaban J connectivity index is 2.49. The molecule has 2 rings (SSSR count). The van der Waals surface area contributed by atoms with Crippen molar-refractivity contribution in [1.29, 1.82) is 0 Å². The van der Waals surface area contributed by atoms with E-state index in [2.05, 4.69) is 41.5 Å². The van der Waals surface area contributed by atoms with Crippen molar-refractivity contribution in [3.63, 3.8) is 0 Å². The maximum absolute atomic E-state index is 5.51. The first kappa shape index (κ1) is 12.4. The Bertz CT molecular complexity index is 262. The zero-order chi connectivity index (χ0) is 12.2. The molecule has 16 heavy (non-hydrogen) atoms. The van der Waals surface area contributed by atoms with Crippen molar-refractivity contribution in [3.8, 4) is 0 Å². The summed E-state index contributed by atoms with van der Waals surface area (Å²) in [6, 6.07) is 0. The standard InChI is InChI=1S/C14H26O2/c1-11(2,3)13(12(4,5)6)9-7-8-10-14(13)15-16-14/h7-10H2,1-6H3. The van der Waals surface area contributed by atoms with E-state index >= 15 is 0 Å². The normalized spacial score (nSPS) is 28.1. The Kier molecular flexibility index (Phi) is 2.50. The lowest BCUT2D eigenvalue weighted by Gasteiger charge is -2.57. The van der Waals surface area contributed by atoms with Crippen molar-refractivity contribution in [2.24, 2.45) is 16.2 Å². The van der Waals surface area contributed by atoms with Crippen molar-refractivity contribution in [1.82, 2.24) is 0 Å². The number of rotatable bonds is 0. The van der Waals surface area contributed by atoms with Gasteiger partial charge in [0.2, 0.25) is 5.79 Å². The van der Waals surface area contributed by atoms with E-state index in [0.29, 0.717) is 0 Å². The molecule has 0 aromatic rings. The zero-order valence-corrected chi connectivity index (χ0v) is 11.6. The van der Waals surface area contributed by atoms with Crippen LogP contribution in [0.15, 0.2) is 0 Å². The van der Waals surface area contributed by atoms with Crippen LogP contribution >= 0.6 is 0 Å². The van der Waals surface area contributed by atoms with Crippen LogP contribution in [0.25, 0.3) is 0 Å². The highest BCUT2D eigenvalue weighted by atomic mass is 17.4. The van der Waals surface area contributed by atoms with Gasteiger partial charge in [-0.25, -0.2) is 0 Å². The Hall–Kier alpha value is -0.0800. The topological polar surface area (TPSA) is 25.1 Å². The molecule has 0 radical (unpaired) electrons. The first-order chi connectivity index (χ1) is 7.16. The summed E-state index contributed by atoms with van der Waals surface area (Å²) >= 11 is 0. The average Bonchev–Trinajstić information content (AvgIpc) is 2.82. The van der Waals surface area contributed by atoms with Crippen molar-refractivity contribution in [2.45, 2.75) is 73.0 Å². The fraction of sp³-hybridized carbons (Fsp3) is 1.00. The van der Waals surface area contributed by atoms with Gasteiger partial charge in [0.1, 0.15) is 0 Å². The molecule has 1 aliphatic heterocycles. The van der Waals surface area contributed by atoms with Gasteiger partial charge < -0.3 is 0 Å². The zero-order valence-electron chi connectivity index (χ0n) is 11.6. The molecule has 94 valence electrons. The Morgan fingerprint density at radius 2 is 1.19 bits per heavy atom. The smallest absolute Gasteiger partial charge is 0.194 e. The molecule has 2 fully saturated rings.